The molecule has 9 heteroatoms. The van der Waals surface area contributed by atoms with Crippen LogP contribution in [0.4, 0.5) is 0 Å². The summed E-state index contributed by atoms with van der Waals surface area (Å²) in [6.45, 7) is 0.212. The zero-order chi connectivity index (χ0) is 23.8. The van der Waals surface area contributed by atoms with Crippen molar-refractivity contribution in [2.75, 3.05) is 13.2 Å². The van der Waals surface area contributed by atoms with Crippen molar-refractivity contribution in [1.82, 2.24) is 10.7 Å². The molecule has 0 bridgehead atoms. The zero-order valence-corrected chi connectivity index (χ0v) is 19.7. The Morgan fingerprint density at radius 1 is 1.06 bits per heavy atom. The molecule has 2 N–H and O–H groups in total. The minimum absolute atomic E-state index is 0.0667. The quantitative estimate of drug-likeness (QED) is 0.348. The van der Waals surface area contributed by atoms with E-state index < -0.39 is 17.9 Å². The molecule has 8 nitrogen and oxygen atoms in total. The maximum atomic E-state index is 12.3. The number of benzene rings is 3. The normalized spacial score (nSPS) is 14.4. The highest BCUT2D eigenvalue weighted by atomic mass is 79.9. The molecule has 0 aromatic heterocycles. The van der Waals surface area contributed by atoms with Crippen LogP contribution in [0, 0.1) is 0 Å². The summed E-state index contributed by atoms with van der Waals surface area (Å²) in [4.78, 5) is 24.5. The molecule has 0 spiro atoms. The summed E-state index contributed by atoms with van der Waals surface area (Å²) >= 11 is 3.43. The lowest BCUT2D eigenvalue weighted by molar-refractivity contribution is -0.132. The molecule has 0 saturated heterocycles. The highest BCUT2D eigenvalue weighted by Gasteiger charge is 2.27. The SMILES string of the molecule is O=C(CNC(=O)C1COc2ccccc2O1)N/N=C/c1cc(Br)ccc1OCc1ccccc1. The molecule has 1 heterocycles. The van der Waals surface area contributed by atoms with E-state index in [0.29, 0.717) is 29.4 Å². The number of halogens is 1. The summed E-state index contributed by atoms with van der Waals surface area (Å²) in [5.74, 6) is 0.759. The predicted molar refractivity (Wildman–Crippen MR) is 130 cm³/mol. The molecule has 0 fully saturated rings. The molecule has 0 radical (unpaired) electrons. The number of hydrazone groups is 1. The van der Waals surface area contributed by atoms with Crippen LogP contribution in [0.2, 0.25) is 0 Å². The third kappa shape index (κ3) is 6.35. The van der Waals surface area contributed by atoms with E-state index >= 15 is 0 Å². The molecular formula is C25H22BrN3O5. The van der Waals surface area contributed by atoms with Gasteiger partial charge < -0.3 is 19.5 Å². The Hall–Kier alpha value is -3.85. The molecule has 2 amide bonds. The average Bonchev–Trinajstić information content (AvgIpc) is 2.87. The molecule has 1 atom stereocenters. The predicted octanol–water partition coefficient (Wildman–Crippen LogP) is 3.43. The van der Waals surface area contributed by atoms with Gasteiger partial charge >= 0.3 is 0 Å². The molecule has 1 aliphatic heterocycles. The second-order valence-electron chi connectivity index (χ2n) is 7.33. The Morgan fingerprint density at radius 2 is 1.82 bits per heavy atom. The Balaban J connectivity index is 1.27. The first-order valence-corrected chi connectivity index (χ1v) is 11.3. The minimum Gasteiger partial charge on any atom is -0.488 e. The molecular weight excluding hydrogens is 502 g/mol. The van der Waals surface area contributed by atoms with Crippen molar-refractivity contribution in [2.24, 2.45) is 5.10 Å². The lowest BCUT2D eigenvalue weighted by atomic mass is 10.2. The molecule has 174 valence electrons. The van der Waals surface area contributed by atoms with Gasteiger partial charge in [-0.1, -0.05) is 58.4 Å². The molecule has 4 rings (SSSR count). The van der Waals surface area contributed by atoms with Crippen LogP contribution in [-0.2, 0) is 16.2 Å². The summed E-state index contributed by atoms with van der Waals surface area (Å²) in [5, 5.41) is 6.51. The molecule has 3 aromatic carbocycles. The van der Waals surface area contributed by atoms with E-state index in [1.165, 1.54) is 6.21 Å². The number of hydrogen-bond donors (Lipinski definition) is 2. The van der Waals surface area contributed by atoms with E-state index in [0.717, 1.165) is 10.0 Å². The Labute approximate surface area is 205 Å². The maximum Gasteiger partial charge on any atom is 0.265 e. The Morgan fingerprint density at radius 3 is 2.65 bits per heavy atom. The van der Waals surface area contributed by atoms with Gasteiger partial charge in [-0.25, -0.2) is 5.43 Å². The number of nitrogens with zero attached hydrogens (tertiary/aromatic N) is 1. The smallest absolute Gasteiger partial charge is 0.265 e. The van der Waals surface area contributed by atoms with E-state index in [1.54, 1.807) is 18.2 Å². The number of fused-ring (bicyclic) bond motifs is 1. The molecule has 0 saturated carbocycles. The number of nitrogens with one attached hydrogen (secondary N) is 2. The second kappa shape index (κ2) is 11.3. The summed E-state index contributed by atoms with van der Waals surface area (Å²) in [7, 11) is 0. The number of rotatable bonds is 8. The van der Waals surface area contributed by atoms with Crippen molar-refractivity contribution in [3.8, 4) is 17.2 Å². The summed E-state index contributed by atoms with van der Waals surface area (Å²) in [6.07, 6.45) is 0.650. The van der Waals surface area contributed by atoms with E-state index in [-0.39, 0.29) is 13.2 Å². The highest BCUT2D eigenvalue weighted by Crippen LogP contribution is 2.30. The zero-order valence-electron chi connectivity index (χ0n) is 18.1. The van der Waals surface area contributed by atoms with Crippen molar-refractivity contribution in [2.45, 2.75) is 12.7 Å². The number of ether oxygens (including phenoxy) is 3. The standard InChI is InChI=1S/C25H22BrN3O5/c26-19-10-11-20(32-15-17-6-2-1-3-7-17)18(12-19)13-28-29-24(30)14-27-25(31)23-16-33-21-8-4-5-9-22(21)34-23/h1-13,23H,14-16H2,(H,27,31)(H,29,30)/b28-13+. The fraction of sp³-hybridized carbons (Fsp3) is 0.160. The van der Waals surface area contributed by atoms with Gasteiger partial charge in [0.25, 0.3) is 11.8 Å². The third-order valence-corrected chi connectivity index (χ3v) is 5.32. The fourth-order valence-corrected chi connectivity index (χ4v) is 3.51. The van der Waals surface area contributed by atoms with E-state index in [2.05, 4.69) is 31.8 Å². The van der Waals surface area contributed by atoms with Gasteiger partial charge in [-0.2, -0.15) is 5.10 Å². The lowest BCUT2D eigenvalue weighted by Gasteiger charge is -2.25. The maximum absolute atomic E-state index is 12.3. The van der Waals surface area contributed by atoms with Crippen LogP contribution >= 0.6 is 15.9 Å². The summed E-state index contributed by atoms with van der Waals surface area (Å²) in [6, 6.07) is 22.4. The monoisotopic (exact) mass is 523 g/mol. The van der Waals surface area contributed by atoms with Gasteiger partial charge in [0.15, 0.2) is 11.5 Å². The summed E-state index contributed by atoms with van der Waals surface area (Å²) < 4.78 is 17.9. The van der Waals surface area contributed by atoms with Gasteiger partial charge in [0.2, 0.25) is 6.10 Å². The van der Waals surface area contributed by atoms with Crippen molar-refractivity contribution in [1.29, 1.82) is 0 Å². The average molecular weight is 524 g/mol. The molecule has 1 aliphatic rings. The number of amides is 2. The molecule has 0 aliphatic carbocycles. The number of carbonyl (C=O) groups is 2. The summed E-state index contributed by atoms with van der Waals surface area (Å²) in [5.41, 5.74) is 4.12. The van der Waals surface area contributed by atoms with Gasteiger partial charge in [-0.05, 0) is 35.9 Å². The number of para-hydroxylation sites is 2. The van der Waals surface area contributed by atoms with Gasteiger partial charge in [0, 0.05) is 10.0 Å². The van der Waals surface area contributed by atoms with E-state index in [4.69, 9.17) is 14.2 Å². The van der Waals surface area contributed by atoms with Crippen LogP contribution in [0.3, 0.4) is 0 Å². The molecule has 1 unspecified atom stereocenters. The fourth-order valence-electron chi connectivity index (χ4n) is 3.13. The van der Waals surface area contributed by atoms with Crippen LogP contribution in [-0.4, -0.2) is 37.3 Å². The van der Waals surface area contributed by atoms with E-state index in [9.17, 15) is 9.59 Å². The first-order valence-electron chi connectivity index (χ1n) is 10.5. The van der Waals surface area contributed by atoms with Gasteiger partial charge in [0.1, 0.15) is 19.0 Å². The van der Waals surface area contributed by atoms with Crippen LogP contribution < -0.4 is 25.0 Å². The van der Waals surface area contributed by atoms with Crippen molar-refractivity contribution < 1.29 is 23.8 Å². The second-order valence-corrected chi connectivity index (χ2v) is 8.25. The Kier molecular flexibility index (Phi) is 7.77. The molecule has 3 aromatic rings. The largest absolute Gasteiger partial charge is 0.488 e. The number of carbonyl (C=O) groups excluding carboxylic acids is 2. The Bertz CT molecular complexity index is 1190. The van der Waals surface area contributed by atoms with Gasteiger partial charge in [0.05, 0.1) is 12.8 Å². The molecule has 34 heavy (non-hydrogen) atoms. The highest BCUT2D eigenvalue weighted by molar-refractivity contribution is 9.10. The first-order chi connectivity index (χ1) is 16.6. The van der Waals surface area contributed by atoms with Crippen molar-refractivity contribution in [3.05, 3.63) is 88.4 Å². The van der Waals surface area contributed by atoms with Crippen molar-refractivity contribution >= 4 is 34.0 Å². The van der Waals surface area contributed by atoms with E-state index in [1.807, 2.05) is 54.6 Å². The number of hydrogen-bond acceptors (Lipinski definition) is 6. The van der Waals surface area contributed by atoms with Crippen LogP contribution in [0.15, 0.2) is 82.4 Å². The van der Waals surface area contributed by atoms with Crippen LogP contribution in [0.25, 0.3) is 0 Å². The van der Waals surface area contributed by atoms with Crippen LogP contribution in [0.5, 0.6) is 17.2 Å². The minimum atomic E-state index is -0.836. The third-order valence-electron chi connectivity index (χ3n) is 4.83. The lowest BCUT2D eigenvalue weighted by Crippen LogP contribution is -2.46. The topological polar surface area (TPSA) is 98.3 Å². The van der Waals surface area contributed by atoms with Gasteiger partial charge in [-0.15, -0.1) is 0 Å². The van der Waals surface area contributed by atoms with Crippen molar-refractivity contribution in [3.63, 3.8) is 0 Å². The van der Waals surface area contributed by atoms with Crippen LogP contribution in [0.1, 0.15) is 11.1 Å². The van der Waals surface area contributed by atoms with Gasteiger partial charge in [-0.3, -0.25) is 9.59 Å². The first kappa shape index (κ1) is 23.3.